The zero-order chi connectivity index (χ0) is 16.2. The van der Waals surface area contributed by atoms with Gasteiger partial charge in [-0.15, -0.1) is 0 Å². The van der Waals surface area contributed by atoms with Crippen molar-refractivity contribution in [1.82, 2.24) is 4.90 Å². The van der Waals surface area contributed by atoms with E-state index in [0.717, 1.165) is 17.4 Å². The van der Waals surface area contributed by atoms with E-state index in [4.69, 9.17) is 4.74 Å². The van der Waals surface area contributed by atoms with E-state index in [-0.39, 0.29) is 6.04 Å². The average Bonchev–Trinajstić information content (AvgIpc) is 2.32. The Hall–Kier alpha value is -1.84. The highest BCUT2D eigenvalue weighted by Gasteiger charge is 2.31. The number of amides is 1. The monoisotopic (exact) mass is 291 g/mol. The van der Waals surface area contributed by atoms with E-state index in [1.54, 1.807) is 0 Å². The average molecular weight is 291 g/mol. The summed E-state index contributed by atoms with van der Waals surface area (Å²) >= 11 is 0. The number of carbonyl (C=O) groups is 2. The lowest BCUT2D eigenvalue weighted by Gasteiger charge is -2.34. The summed E-state index contributed by atoms with van der Waals surface area (Å²) in [6.45, 7) is 11.1. The fraction of sp³-hybridized carbons (Fsp3) is 0.529. The van der Waals surface area contributed by atoms with Gasteiger partial charge in [0.2, 0.25) is 0 Å². The molecule has 4 heteroatoms. The lowest BCUT2D eigenvalue weighted by molar-refractivity contribution is -0.113. The molecule has 1 atom stereocenters. The van der Waals surface area contributed by atoms with E-state index in [0.29, 0.717) is 0 Å². The van der Waals surface area contributed by atoms with Gasteiger partial charge in [0.1, 0.15) is 17.9 Å². The molecule has 0 saturated heterocycles. The topological polar surface area (TPSA) is 46.6 Å². The summed E-state index contributed by atoms with van der Waals surface area (Å²) in [5.74, 6) is 0. The number of ether oxygens (including phenoxy) is 1. The molecule has 0 aliphatic heterocycles. The summed E-state index contributed by atoms with van der Waals surface area (Å²) in [5, 5.41) is 0. The van der Waals surface area contributed by atoms with Crippen LogP contribution in [-0.4, -0.2) is 28.9 Å². The molecule has 0 radical (unpaired) electrons. The van der Waals surface area contributed by atoms with Gasteiger partial charge in [0.05, 0.1) is 0 Å². The van der Waals surface area contributed by atoms with Crippen LogP contribution in [0.4, 0.5) is 4.79 Å². The Kier molecular flexibility index (Phi) is 5.53. The highest BCUT2D eigenvalue weighted by molar-refractivity contribution is 5.75. The van der Waals surface area contributed by atoms with Crippen LogP contribution in [-0.2, 0) is 9.53 Å². The number of aryl methyl sites for hydroxylation is 1. The van der Waals surface area contributed by atoms with E-state index in [9.17, 15) is 9.59 Å². The third-order valence-corrected chi connectivity index (χ3v) is 2.97. The maximum atomic E-state index is 12.4. The predicted octanol–water partition coefficient (Wildman–Crippen LogP) is 3.88. The summed E-state index contributed by atoms with van der Waals surface area (Å²) in [6, 6.07) is 6.83. The first-order valence-electron chi connectivity index (χ1n) is 7.19. The SMILES string of the molecule is Cc1cccc(C(C=O)N(C(=O)OC(C)(C)C)C(C)C)c1. The molecule has 0 fully saturated rings. The minimum atomic E-state index is -0.639. The summed E-state index contributed by atoms with van der Waals surface area (Å²) in [5.41, 5.74) is 1.25. The van der Waals surface area contributed by atoms with Crippen molar-refractivity contribution in [1.29, 1.82) is 0 Å². The Morgan fingerprint density at radius 2 is 1.90 bits per heavy atom. The van der Waals surface area contributed by atoms with Gasteiger partial charge in [-0.3, -0.25) is 4.90 Å². The third-order valence-electron chi connectivity index (χ3n) is 2.97. The molecule has 21 heavy (non-hydrogen) atoms. The second kappa shape index (κ2) is 6.74. The van der Waals surface area contributed by atoms with Gasteiger partial charge in [0.15, 0.2) is 0 Å². The molecule has 0 N–H and O–H groups in total. The van der Waals surface area contributed by atoms with Crippen molar-refractivity contribution < 1.29 is 14.3 Å². The normalized spacial score (nSPS) is 12.9. The minimum absolute atomic E-state index is 0.143. The zero-order valence-electron chi connectivity index (χ0n) is 13.7. The van der Waals surface area contributed by atoms with Crippen LogP contribution in [0.1, 0.15) is 51.8 Å². The molecule has 4 nitrogen and oxygen atoms in total. The molecular formula is C17H25NO3. The second-order valence-corrected chi connectivity index (χ2v) is 6.48. The molecule has 1 aromatic carbocycles. The molecule has 1 amide bonds. The second-order valence-electron chi connectivity index (χ2n) is 6.48. The van der Waals surface area contributed by atoms with Crippen molar-refractivity contribution in [3.8, 4) is 0 Å². The number of benzene rings is 1. The summed E-state index contributed by atoms with van der Waals surface area (Å²) in [4.78, 5) is 25.5. The molecule has 0 heterocycles. The highest BCUT2D eigenvalue weighted by atomic mass is 16.6. The molecule has 0 aromatic heterocycles. The highest BCUT2D eigenvalue weighted by Crippen LogP contribution is 2.24. The van der Waals surface area contributed by atoms with Crippen LogP contribution in [0.2, 0.25) is 0 Å². The van der Waals surface area contributed by atoms with Gasteiger partial charge in [-0.1, -0.05) is 29.8 Å². The summed E-state index contributed by atoms with van der Waals surface area (Å²) in [6.07, 6.45) is 0.315. The van der Waals surface area contributed by atoms with Gasteiger partial charge >= 0.3 is 6.09 Å². The quantitative estimate of drug-likeness (QED) is 0.791. The van der Waals surface area contributed by atoms with Gasteiger partial charge in [-0.05, 0) is 47.1 Å². The molecule has 116 valence electrons. The molecule has 0 spiro atoms. The Labute approximate surface area is 127 Å². The number of aldehydes is 1. The van der Waals surface area contributed by atoms with E-state index in [1.807, 2.05) is 65.8 Å². The molecule has 0 bridgehead atoms. The molecule has 1 rings (SSSR count). The summed E-state index contributed by atoms with van der Waals surface area (Å²) in [7, 11) is 0. The Balaban J connectivity index is 3.12. The molecule has 0 aliphatic carbocycles. The first-order valence-corrected chi connectivity index (χ1v) is 7.19. The van der Waals surface area contributed by atoms with Crippen LogP contribution in [0.3, 0.4) is 0 Å². The van der Waals surface area contributed by atoms with Crippen LogP contribution < -0.4 is 0 Å². The van der Waals surface area contributed by atoms with Gasteiger partial charge < -0.3 is 9.53 Å². The fourth-order valence-electron chi connectivity index (χ4n) is 2.12. The van der Waals surface area contributed by atoms with Crippen molar-refractivity contribution >= 4 is 12.4 Å². The molecule has 1 aromatic rings. The fourth-order valence-corrected chi connectivity index (χ4v) is 2.12. The van der Waals surface area contributed by atoms with Gasteiger partial charge in [0, 0.05) is 6.04 Å². The van der Waals surface area contributed by atoms with Crippen LogP contribution >= 0.6 is 0 Å². The zero-order valence-corrected chi connectivity index (χ0v) is 13.7. The van der Waals surface area contributed by atoms with Gasteiger partial charge in [-0.2, -0.15) is 0 Å². The maximum absolute atomic E-state index is 12.4. The van der Waals surface area contributed by atoms with Crippen molar-refractivity contribution in [2.24, 2.45) is 0 Å². The van der Waals surface area contributed by atoms with Gasteiger partial charge in [0.25, 0.3) is 0 Å². The number of nitrogens with zero attached hydrogens (tertiary/aromatic N) is 1. The maximum Gasteiger partial charge on any atom is 0.411 e. The standard InChI is InChI=1S/C17H25NO3/c1-12(2)18(16(20)21-17(4,5)6)15(11-19)14-9-7-8-13(3)10-14/h7-12,15H,1-6H3. The molecule has 0 saturated carbocycles. The third kappa shape index (κ3) is 4.88. The van der Waals surface area contributed by atoms with Crippen LogP contribution in [0, 0.1) is 6.92 Å². The van der Waals surface area contributed by atoms with E-state index in [1.165, 1.54) is 4.90 Å². The summed E-state index contributed by atoms with van der Waals surface area (Å²) < 4.78 is 5.42. The molecule has 0 aliphatic rings. The van der Waals surface area contributed by atoms with Crippen molar-refractivity contribution in [2.45, 2.75) is 59.2 Å². The van der Waals surface area contributed by atoms with E-state index in [2.05, 4.69) is 0 Å². The molecular weight excluding hydrogens is 266 g/mol. The van der Waals surface area contributed by atoms with Crippen molar-refractivity contribution in [2.75, 3.05) is 0 Å². The van der Waals surface area contributed by atoms with E-state index >= 15 is 0 Å². The smallest absolute Gasteiger partial charge is 0.411 e. The van der Waals surface area contributed by atoms with Crippen molar-refractivity contribution in [3.63, 3.8) is 0 Å². The first-order chi connectivity index (χ1) is 9.65. The van der Waals surface area contributed by atoms with Crippen LogP contribution in [0.15, 0.2) is 24.3 Å². The number of hydrogen-bond donors (Lipinski definition) is 0. The number of hydrogen-bond acceptors (Lipinski definition) is 3. The number of rotatable bonds is 4. The predicted molar refractivity (Wildman–Crippen MR) is 83.2 cm³/mol. The largest absolute Gasteiger partial charge is 0.444 e. The van der Waals surface area contributed by atoms with Crippen LogP contribution in [0.5, 0.6) is 0 Å². The Bertz CT molecular complexity index is 503. The van der Waals surface area contributed by atoms with E-state index < -0.39 is 17.7 Å². The van der Waals surface area contributed by atoms with Crippen LogP contribution in [0.25, 0.3) is 0 Å². The lowest BCUT2D eigenvalue weighted by Crippen LogP contribution is -2.43. The number of carbonyl (C=O) groups excluding carboxylic acids is 2. The van der Waals surface area contributed by atoms with Gasteiger partial charge in [-0.25, -0.2) is 4.79 Å². The lowest BCUT2D eigenvalue weighted by atomic mass is 10.0. The minimum Gasteiger partial charge on any atom is -0.444 e. The first kappa shape index (κ1) is 17.2. The Morgan fingerprint density at radius 3 is 2.33 bits per heavy atom. The Morgan fingerprint density at radius 1 is 1.29 bits per heavy atom. The molecule has 1 unspecified atom stereocenters. The van der Waals surface area contributed by atoms with Crippen molar-refractivity contribution in [3.05, 3.63) is 35.4 Å².